The van der Waals surface area contributed by atoms with Crippen molar-refractivity contribution in [2.75, 3.05) is 32.7 Å². The molecule has 0 radical (unpaired) electrons. The molecule has 1 saturated carbocycles. The Morgan fingerprint density at radius 1 is 1.00 bits per heavy atom. The Morgan fingerprint density at radius 2 is 1.68 bits per heavy atom. The number of nitrogens with one attached hydrogen (secondary N) is 2. The Labute approximate surface area is 170 Å². The highest BCUT2D eigenvalue weighted by atomic mass is 16.3. The summed E-state index contributed by atoms with van der Waals surface area (Å²) in [6.07, 6.45) is 8.56. The third kappa shape index (κ3) is 4.34. The Bertz CT molecular complexity index is 539. The number of aliphatic hydroxyl groups is 1. The van der Waals surface area contributed by atoms with Crippen molar-refractivity contribution in [1.82, 2.24) is 20.4 Å². The van der Waals surface area contributed by atoms with E-state index in [1.54, 1.807) is 0 Å². The van der Waals surface area contributed by atoms with E-state index in [1.165, 1.54) is 6.42 Å². The third-order valence-corrected chi connectivity index (χ3v) is 7.94. The molecule has 0 aromatic heterocycles. The number of hydrogen-bond donors (Lipinski definition) is 3. The second-order valence-electron chi connectivity index (χ2n) is 10.4. The monoisotopic (exact) mass is 392 g/mol. The fourth-order valence-corrected chi connectivity index (χ4v) is 6.03. The molecule has 6 nitrogen and oxygen atoms in total. The van der Waals surface area contributed by atoms with Gasteiger partial charge in [-0.3, -0.25) is 4.90 Å². The number of nitrogens with zero attached hydrogens (tertiary/aromatic N) is 2. The summed E-state index contributed by atoms with van der Waals surface area (Å²) in [5, 5.41) is 17.2. The summed E-state index contributed by atoms with van der Waals surface area (Å²) in [5.74, 6) is 0.706. The van der Waals surface area contributed by atoms with Gasteiger partial charge in [-0.05, 0) is 49.9 Å². The first-order valence-electron chi connectivity index (χ1n) is 11.6. The predicted octanol–water partition coefficient (Wildman–Crippen LogP) is 2.17. The molecule has 3 unspecified atom stereocenters. The Morgan fingerprint density at radius 3 is 2.25 bits per heavy atom. The van der Waals surface area contributed by atoms with Crippen molar-refractivity contribution in [2.45, 2.75) is 89.4 Å². The molecule has 3 N–H and O–H groups in total. The van der Waals surface area contributed by atoms with E-state index in [4.69, 9.17) is 0 Å². The van der Waals surface area contributed by atoms with Crippen LogP contribution >= 0.6 is 0 Å². The first-order valence-corrected chi connectivity index (χ1v) is 11.6. The molecule has 4 rings (SSSR count). The molecule has 6 heteroatoms. The molecule has 3 atom stereocenters. The molecule has 3 saturated heterocycles. The van der Waals surface area contributed by atoms with E-state index < -0.39 is 0 Å². The highest BCUT2D eigenvalue weighted by molar-refractivity contribution is 5.74. The van der Waals surface area contributed by atoms with Crippen molar-refractivity contribution in [2.24, 2.45) is 11.3 Å². The van der Waals surface area contributed by atoms with Gasteiger partial charge in [-0.2, -0.15) is 0 Å². The molecular formula is C22H40N4O2. The van der Waals surface area contributed by atoms with Gasteiger partial charge in [0.1, 0.15) is 0 Å². The van der Waals surface area contributed by atoms with Crippen molar-refractivity contribution in [3.05, 3.63) is 0 Å². The van der Waals surface area contributed by atoms with Crippen LogP contribution in [0.1, 0.15) is 65.2 Å². The summed E-state index contributed by atoms with van der Waals surface area (Å²) in [7, 11) is 0. The second-order valence-corrected chi connectivity index (χ2v) is 10.4. The van der Waals surface area contributed by atoms with Crippen molar-refractivity contribution >= 4 is 6.03 Å². The number of urea groups is 1. The number of piperidine rings is 2. The molecule has 0 spiro atoms. The van der Waals surface area contributed by atoms with Gasteiger partial charge in [0.15, 0.2) is 0 Å². The zero-order valence-electron chi connectivity index (χ0n) is 17.8. The number of aliphatic hydroxyl groups excluding tert-OH is 1. The highest BCUT2D eigenvalue weighted by Gasteiger charge is 2.44. The van der Waals surface area contributed by atoms with E-state index in [0.29, 0.717) is 23.4 Å². The molecule has 2 amide bonds. The molecule has 4 fully saturated rings. The van der Waals surface area contributed by atoms with Crippen LogP contribution in [0.4, 0.5) is 4.79 Å². The SMILES string of the molecule is CC1(C)CNC1C1CCN(C(=O)NC2CCN(C3CCCCC3O)CC2)CC1. The largest absolute Gasteiger partial charge is 0.391 e. The average molecular weight is 393 g/mol. The van der Waals surface area contributed by atoms with Crippen molar-refractivity contribution in [3.63, 3.8) is 0 Å². The van der Waals surface area contributed by atoms with Crippen LogP contribution in [0.25, 0.3) is 0 Å². The number of carbonyl (C=O) groups is 1. The highest BCUT2D eigenvalue weighted by Crippen LogP contribution is 2.37. The minimum absolute atomic E-state index is 0.135. The lowest BCUT2D eigenvalue weighted by molar-refractivity contribution is 0.00725. The van der Waals surface area contributed by atoms with Gasteiger partial charge < -0.3 is 20.6 Å². The molecule has 3 heterocycles. The predicted molar refractivity (Wildman–Crippen MR) is 111 cm³/mol. The van der Waals surface area contributed by atoms with Gasteiger partial charge >= 0.3 is 6.03 Å². The standard InChI is InChI=1S/C22H40N4O2/c1-22(2)15-23-20(22)16-7-11-26(12-8-16)21(28)24-17-9-13-25(14-10-17)18-5-3-4-6-19(18)27/h16-20,23,27H,3-15H2,1-2H3,(H,24,28). The number of rotatable bonds is 3. The topological polar surface area (TPSA) is 67.8 Å². The molecule has 28 heavy (non-hydrogen) atoms. The van der Waals surface area contributed by atoms with Gasteiger partial charge in [0.2, 0.25) is 0 Å². The Hall–Kier alpha value is -0.850. The van der Waals surface area contributed by atoms with Gasteiger partial charge in [-0.15, -0.1) is 0 Å². The lowest BCUT2D eigenvalue weighted by atomic mass is 9.68. The molecule has 3 aliphatic heterocycles. The van der Waals surface area contributed by atoms with Crippen LogP contribution in [0.15, 0.2) is 0 Å². The van der Waals surface area contributed by atoms with Crippen molar-refractivity contribution in [3.8, 4) is 0 Å². The van der Waals surface area contributed by atoms with E-state index in [-0.39, 0.29) is 18.2 Å². The van der Waals surface area contributed by atoms with Crippen LogP contribution < -0.4 is 10.6 Å². The summed E-state index contributed by atoms with van der Waals surface area (Å²) >= 11 is 0. The van der Waals surface area contributed by atoms with Gasteiger partial charge in [0.05, 0.1) is 6.10 Å². The number of hydrogen-bond acceptors (Lipinski definition) is 4. The summed E-state index contributed by atoms with van der Waals surface area (Å²) < 4.78 is 0. The minimum Gasteiger partial charge on any atom is -0.391 e. The Kier molecular flexibility index (Phi) is 6.19. The lowest BCUT2D eigenvalue weighted by Gasteiger charge is -2.51. The van der Waals surface area contributed by atoms with E-state index in [0.717, 1.165) is 77.7 Å². The fourth-order valence-electron chi connectivity index (χ4n) is 6.03. The van der Waals surface area contributed by atoms with E-state index in [2.05, 4.69) is 29.4 Å². The van der Waals surface area contributed by atoms with Crippen LogP contribution in [-0.2, 0) is 0 Å². The van der Waals surface area contributed by atoms with Crippen molar-refractivity contribution < 1.29 is 9.90 Å². The van der Waals surface area contributed by atoms with Gasteiger partial charge in [0, 0.05) is 50.8 Å². The lowest BCUT2D eigenvalue weighted by Crippen LogP contribution is -2.64. The van der Waals surface area contributed by atoms with Gasteiger partial charge in [0.25, 0.3) is 0 Å². The maximum atomic E-state index is 12.7. The van der Waals surface area contributed by atoms with Crippen LogP contribution in [0.3, 0.4) is 0 Å². The molecule has 4 aliphatic rings. The molecule has 1 aliphatic carbocycles. The summed E-state index contributed by atoms with van der Waals surface area (Å²) in [6.45, 7) is 9.59. The molecule has 0 bridgehead atoms. The first-order chi connectivity index (χ1) is 13.4. The van der Waals surface area contributed by atoms with E-state index >= 15 is 0 Å². The Balaban J connectivity index is 1.18. The molecule has 0 aromatic carbocycles. The van der Waals surface area contributed by atoms with E-state index in [9.17, 15) is 9.90 Å². The van der Waals surface area contributed by atoms with Crippen LogP contribution in [-0.4, -0.2) is 77.9 Å². The molecule has 160 valence electrons. The maximum Gasteiger partial charge on any atom is 0.317 e. The van der Waals surface area contributed by atoms with Gasteiger partial charge in [-0.1, -0.05) is 26.7 Å². The van der Waals surface area contributed by atoms with Crippen LogP contribution in [0.5, 0.6) is 0 Å². The van der Waals surface area contributed by atoms with Crippen molar-refractivity contribution in [1.29, 1.82) is 0 Å². The average Bonchev–Trinajstić information content (AvgIpc) is 2.69. The smallest absolute Gasteiger partial charge is 0.317 e. The summed E-state index contributed by atoms with van der Waals surface area (Å²) in [4.78, 5) is 17.2. The summed E-state index contributed by atoms with van der Waals surface area (Å²) in [5.41, 5.74) is 0.412. The van der Waals surface area contributed by atoms with E-state index in [1.807, 2.05) is 4.90 Å². The number of amides is 2. The maximum absolute atomic E-state index is 12.7. The zero-order valence-corrected chi connectivity index (χ0v) is 17.8. The third-order valence-electron chi connectivity index (χ3n) is 7.94. The number of likely N-dealkylation sites (tertiary alicyclic amines) is 2. The quantitative estimate of drug-likeness (QED) is 0.689. The van der Waals surface area contributed by atoms with Gasteiger partial charge in [-0.25, -0.2) is 4.79 Å². The molecule has 0 aromatic rings. The molecular weight excluding hydrogens is 352 g/mol. The normalized spacial score (nSPS) is 35.4. The minimum atomic E-state index is -0.156. The summed E-state index contributed by atoms with van der Waals surface area (Å²) in [6, 6.07) is 1.39. The fraction of sp³-hybridized carbons (Fsp3) is 0.955. The van der Waals surface area contributed by atoms with Crippen LogP contribution in [0.2, 0.25) is 0 Å². The second kappa shape index (κ2) is 8.49. The zero-order chi connectivity index (χ0) is 19.7. The number of carbonyl (C=O) groups excluding carboxylic acids is 1. The first kappa shape index (κ1) is 20.4. The van der Waals surface area contributed by atoms with Crippen LogP contribution in [0, 0.1) is 11.3 Å².